The Labute approximate surface area is 197 Å². The smallest absolute Gasteiger partial charge is 0.289 e. The van der Waals surface area contributed by atoms with Gasteiger partial charge in [0.25, 0.3) is 23.2 Å². The second kappa shape index (κ2) is 10.4. The molecule has 174 valence electrons. The van der Waals surface area contributed by atoms with E-state index in [1.165, 1.54) is 24.3 Å². The highest BCUT2D eigenvalue weighted by Gasteiger charge is 2.24. The molecular formula is C22H17ClN4O7. The van der Waals surface area contributed by atoms with Crippen molar-refractivity contribution in [3.05, 3.63) is 97.5 Å². The van der Waals surface area contributed by atoms with Crippen molar-refractivity contribution >= 4 is 46.2 Å². The van der Waals surface area contributed by atoms with Crippen LogP contribution < -0.4 is 15.4 Å². The summed E-state index contributed by atoms with van der Waals surface area (Å²) in [4.78, 5) is 45.3. The van der Waals surface area contributed by atoms with E-state index < -0.39 is 39.1 Å². The molecule has 0 heterocycles. The second-order valence-electron chi connectivity index (χ2n) is 6.93. The van der Waals surface area contributed by atoms with Gasteiger partial charge in [-0.2, -0.15) is 0 Å². The van der Waals surface area contributed by atoms with E-state index in [9.17, 15) is 29.8 Å². The number of ether oxygens (including phenoxy) is 1. The first-order chi connectivity index (χ1) is 16.2. The minimum atomic E-state index is -0.869. The van der Waals surface area contributed by atoms with E-state index in [1.807, 2.05) is 0 Å². The average molecular weight is 485 g/mol. The summed E-state index contributed by atoms with van der Waals surface area (Å²) >= 11 is 6.03. The number of nitrogens with zero attached hydrogens (tertiary/aromatic N) is 2. The van der Waals surface area contributed by atoms with Gasteiger partial charge in [0.2, 0.25) is 0 Å². The minimum absolute atomic E-state index is 0.288. The number of hydrogen-bond donors (Lipinski definition) is 2. The topological polar surface area (TPSA) is 154 Å². The lowest BCUT2D eigenvalue weighted by Crippen LogP contribution is -2.30. The van der Waals surface area contributed by atoms with Crippen molar-refractivity contribution in [3.8, 4) is 5.75 Å². The van der Waals surface area contributed by atoms with Gasteiger partial charge in [0, 0.05) is 17.4 Å². The SMILES string of the molecule is CC(Oc1ccccc1Cl)C(=O)Nc1ccc(NC(=O)c2ccc([N+](=O)[O-])cc2[N+](=O)[O-])cc1. The summed E-state index contributed by atoms with van der Waals surface area (Å²) in [5.74, 6) is -0.886. The number of carbonyl (C=O) groups is 2. The number of rotatable bonds is 8. The molecule has 0 saturated carbocycles. The van der Waals surface area contributed by atoms with E-state index in [0.717, 1.165) is 18.2 Å². The van der Waals surface area contributed by atoms with E-state index in [4.69, 9.17) is 16.3 Å². The molecule has 1 unspecified atom stereocenters. The number of carbonyl (C=O) groups excluding carboxylic acids is 2. The van der Waals surface area contributed by atoms with Gasteiger partial charge >= 0.3 is 0 Å². The molecule has 0 bridgehead atoms. The van der Waals surface area contributed by atoms with Crippen molar-refractivity contribution in [2.24, 2.45) is 0 Å². The van der Waals surface area contributed by atoms with E-state index in [-0.39, 0.29) is 11.3 Å². The summed E-state index contributed by atoms with van der Waals surface area (Å²) in [7, 11) is 0. The van der Waals surface area contributed by atoms with Crippen LogP contribution >= 0.6 is 11.6 Å². The molecule has 2 N–H and O–H groups in total. The number of anilines is 2. The minimum Gasteiger partial charge on any atom is -0.479 e. The number of benzene rings is 3. The van der Waals surface area contributed by atoms with E-state index in [1.54, 1.807) is 31.2 Å². The van der Waals surface area contributed by atoms with Crippen LogP contribution in [0.4, 0.5) is 22.7 Å². The van der Waals surface area contributed by atoms with Crippen LogP contribution in [0.15, 0.2) is 66.7 Å². The molecule has 0 saturated heterocycles. The van der Waals surface area contributed by atoms with Crippen molar-refractivity contribution in [2.75, 3.05) is 10.6 Å². The number of para-hydroxylation sites is 1. The summed E-state index contributed by atoms with van der Waals surface area (Å²) in [5.41, 5.74) is -0.826. The van der Waals surface area contributed by atoms with Gasteiger partial charge in [-0.3, -0.25) is 29.8 Å². The summed E-state index contributed by atoms with van der Waals surface area (Å²) in [6.07, 6.45) is -0.845. The zero-order valence-corrected chi connectivity index (χ0v) is 18.3. The third kappa shape index (κ3) is 5.84. The summed E-state index contributed by atoms with van der Waals surface area (Å²) in [6, 6.07) is 15.5. The van der Waals surface area contributed by atoms with Crippen molar-refractivity contribution in [1.29, 1.82) is 0 Å². The summed E-state index contributed by atoms with van der Waals surface area (Å²) in [6.45, 7) is 1.56. The quantitative estimate of drug-likeness (QED) is 0.343. The second-order valence-corrected chi connectivity index (χ2v) is 7.33. The molecular weight excluding hydrogens is 468 g/mol. The van der Waals surface area contributed by atoms with Crippen molar-refractivity contribution < 1.29 is 24.2 Å². The fraction of sp³-hybridized carbons (Fsp3) is 0.0909. The Morgan fingerprint density at radius 1 is 0.912 bits per heavy atom. The highest BCUT2D eigenvalue weighted by molar-refractivity contribution is 6.32. The Bertz CT molecular complexity index is 1260. The molecule has 0 aliphatic rings. The maximum Gasteiger partial charge on any atom is 0.289 e. The summed E-state index contributed by atoms with van der Waals surface area (Å²) < 4.78 is 5.56. The highest BCUT2D eigenvalue weighted by atomic mass is 35.5. The first kappa shape index (κ1) is 24.1. The highest BCUT2D eigenvalue weighted by Crippen LogP contribution is 2.26. The number of nitro groups is 2. The number of halogens is 1. The summed E-state index contributed by atoms with van der Waals surface area (Å²) in [5, 5.41) is 27.6. The molecule has 1 atom stereocenters. The van der Waals surface area contributed by atoms with Crippen LogP contribution in [-0.4, -0.2) is 27.8 Å². The number of nitro benzene ring substituents is 2. The maximum atomic E-state index is 12.5. The zero-order chi connectivity index (χ0) is 24.8. The maximum absolute atomic E-state index is 12.5. The molecule has 2 amide bonds. The van der Waals surface area contributed by atoms with E-state index in [2.05, 4.69) is 10.6 Å². The molecule has 0 radical (unpaired) electrons. The third-order valence-corrected chi connectivity index (χ3v) is 4.87. The molecule has 12 heteroatoms. The molecule has 3 aromatic rings. The lowest BCUT2D eigenvalue weighted by atomic mass is 10.1. The number of nitrogens with one attached hydrogen (secondary N) is 2. The molecule has 3 rings (SSSR count). The first-order valence-electron chi connectivity index (χ1n) is 9.72. The molecule has 0 aliphatic carbocycles. The third-order valence-electron chi connectivity index (χ3n) is 4.55. The Morgan fingerprint density at radius 3 is 2.12 bits per heavy atom. The lowest BCUT2D eigenvalue weighted by molar-refractivity contribution is -0.394. The van der Waals surface area contributed by atoms with Crippen LogP contribution in [0.25, 0.3) is 0 Å². The molecule has 0 spiro atoms. The fourth-order valence-electron chi connectivity index (χ4n) is 2.84. The number of non-ortho nitro benzene ring substituents is 1. The fourth-order valence-corrected chi connectivity index (χ4v) is 3.02. The van der Waals surface area contributed by atoms with E-state index >= 15 is 0 Å². The molecule has 0 aliphatic heterocycles. The van der Waals surface area contributed by atoms with E-state index in [0.29, 0.717) is 16.5 Å². The van der Waals surface area contributed by atoms with Gasteiger partial charge in [-0.25, -0.2) is 0 Å². The standard InChI is InChI=1S/C22H17ClN4O7/c1-13(34-20-5-3-2-4-18(20)23)21(28)24-14-6-8-15(9-7-14)25-22(29)17-11-10-16(26(30)31)12-19(17)27(32)33/h2-13H,1H3,(H,24,28)(H,25,29). The van der Waals surface area contributed by atoms with Crippen molar-refractivity contribution in [3.63, 3.8) is 0 Å². The van der Waals surface area contributed by atoms with Crippen molar-refractivity contribution in [2.45, 2.75) is 13.0 Å². The van der Waals surface area contributed by atoms with Gasteiger partial charge in [0.15, 0.2) is 6.10 Å². The molecule has 3 aromatic carbocycles. The van der Waals surface area contributed by atoms with Crippen LogP contribution in [-0.2, 0) is 4.79 Å². The lowest BCUT2D eigenvalue weighted by Gasteiger charge is -2.15. The molecule has 34 heavy (non-hydrogen) atoms. The Balaban J connectivity index is 1.65. The van der Waals surface area contributed by atoms with Crippen LogP contribution in [0.3, 0.4) is 0 Å². The largest absolute Gasteiger partial charge is 0.479 e. The average Bonchev–Trinajstić information content (AvgIpc) is 2.81. The Morgan fingerprint density at radius 2 is 1.53 bits per heavy atom. The normalized spacial score (nSPS) is 11.2. The van der Waals surface area contributed by atoms with Gasteiger partial charge in [0.05, 0.1) is 20.9 Å². The van der Waals surface area contributed by atoms with Crippen LogP contribution in [0.2, 0.25) is 5.02 Å². The Kier molecular flexibility index (Phi) is 7.39. The van der Waals surface area contributed by atoms with Crippen LogP contribution in [0.5, 0.6) is 5.75 Å². The number of hydrogen-bond acceptors (Lipinski definition) is 7. The van der Waals surface area contributed by atoms with Crippen LogP contribution in [0.1, 0.15) is 17.3 Å². The van der Waals surface area contributed by atoms with Crippen LogP contribution in [0, 0.1) is 20.2 Å². The first-order valence-corrected chi connectivity index (χ1v) is 10.1. The predicted octanol–water partition coefficient (Wildman–Crippen LogP) is 4.81. The Hall–Kier alpha value is -4.51. The molecule has 0 fully saturated rings. The number of amides is 2. The zero-order valence-electron chi connectivity index (χ0n) is 17.6. The predicted molar refractivity (Wildman–Crippen MR) is 124 cm³/mol. The van der Waals surface area contributed by atoms with Gasteiger partial charge < -0.3 is 15.4 Å². The monoisotopic (exact) mass is 484 g/mol. The molecule has 11 nitrogen and oxygen atoms in total. The van der Waals surface area contributed by atoms with Gasteiger partial charge in [-0.05, 0) is 49.4 Å². The van der Waals surface area contributed by atoms with Gasteiger partial charge in [-0.1, -0.05) is 23.7 Å². The van der Waals surface area contributed by atoms with Gasteiger partial charge in [-0.15, -0.1) is 0 Å². The van der Waals surface area contributed by atoms with Gasteiger partial charge in [0.1, 0.15) is 11.3 Å². The molecule has 0 aromatic heterocycles. The van der Waals surface area contributed by atoms with Crippen molar-refractivity contribution in [1.82, 2.24) is 0 Å².